The van der Waals surface area contributed by atoms with Crippen molar-refractivity contribution in [3.63, 3.8) is 0 Å². The average Bonchev–Trinajstić information content (AvgIpc) is 3.11. The van der Waals surface area contributed by atoms with Gasteiger partial charge in [0, 0.05) is 24.7 Å². The zero-order valence-corrected chi connectivity index (χ0v) is 17.0. The lowest BCUT2D eigenvalue weighted by Gasteiger charge is -2.13. The maximum atomic E-state index is 12.3. The molecule has 0 amide bonds. The van der Waals surface area contributed by atoms with Crippen molar-refractivity contribution in [3.8, 4) is 11.3 Å². The molecule has 0 atom stereocenters. The fourth-order valence-electron chi connectivity index (χ4n) is 3.11. The summed E-state index contributed by atoms with van der Waals surface area (Å²) in [6, 6.07) is 17.6. The quantitative estimate of drug-likeness (QED) is 0.517. The van der Waals surface area contributed by atoms with Crippen molar-refractivity contribution >= 4 is 10.0 Å². The van der Waals surface area contributed by atoms with Crippen molar-refractivity contribution in [1.29, 1.82) is 0 Å². The molecule has 28 heavy (non-hydrogen) atoms. The van der Waals surface area contributed by atoms with E-state index < -0.39 is 10.0 Å². The van der Waals surface area contributed by atoms with Gasteiger partial charge in [0.1, 0.15) is 0 Å². The number of sulfonamides is 1. The fourth-order valence-corrected chi connectivity index (χ4v) is 4.60. The Morgan fingerprint density at radius 3 is 2.29 bits per heavy atom. The molecule has 0 unspecified atom stereocenters. The Hall–Kier alpha value is -2.48. The second-order valence-electron chi connectivity index (χ2n) is 7.04. The number of hydrogen-bond acceptors (Lipinski definition) is 4. The molecule has 2 aromatic carbocycles. The Morgan fingerprint density at radius 2 is 1.57 bits per heavy atom. The SMILES string of the molecule is CC(C)NS(=O)(=O)Cc1ccccc1CNCc1cn[nH]c1-c1ccccc1. The van der Waals surface area contributed by atoms with Gasteiger partial charge >= 0.3 is 0 Å². The number of hydrogen-bond donors (Lipinski definition) is 3. The summed E-state index contributed by atoms with van der Waals surface area (Å²) in [5.74, 6) is -0.0238. The molecule has 0 spiro atoms. The molecule has 0 radical (unpaired) electrons. The van der Waals surface area contributed by atoms with Crippen molar-refractivity contribution in [2.45, 2.75) is 38.7 Å². The van der Waals surface area contributed by atoms with E-state index in [9.17, 15) is 8.42 Å². The highest BCUT2D eigenvalue weighted by molar-refractivity contribution is 7.88. The maximum Gasteiger partial charge on any atom is 0.216 e. The number of nitrogens with one attached hydrogen (secondary N) is 3. The molecule has 0 aliphatic heterocycles. The van der Waals surface area contributed by atoms with E-state index in [2.05, 4.69) is 20.2 Å². The van der Waals surface area contributed by atoms with Crippen LogP contribution in [0.5, 0.6) is 0 Å². The van der Waals surface area contributed by atoms with Crippen LogP contribution in [-0.2, 0) is 28.9 Å². The highest BCUT2D eigenvalue weighted by Gasteiger charge is 2.15. The summed E-state index contributed by atoms with van der Waals surface area (Å²) in [5, 5.41) is 10.6. The van der Waals surface area contributed by atoms with Crippen molar-refractivity contribution in [1.82, 2.24) is 20.2 Å². The zero-order valence-electron chi connectivity index (χ0n) is 16.1. The van der Waals surface area contributed by atoms with Crippen LogP contribution < -0.4 is 10.0 Å². The smallest absolute Gasteiger partial charge is 0.216 e. The van der Waals surface area contributed by atoms with Crippen molar-refractivity contribution in [2.24, 2.45) is 0 Å². The largest absolute Gasteiger partial charge is 0.308 e. The lowest BCUT2D eigenvalue weighted by Crippen LogP contribution is -2.31. The van der Waals surface area contributed by atoms with Gasteiger partial charge in [-0.15, -0.1) is 0 Å². The summed E-state index contributed by atoms with van der Waals surface area (Å²) in [5.41, 5.74) is 4.92. The van der Waals surface area contributed by atoms with Crippen LogP contribution in [-0.4, -0.2) is 24.7 Å². The molecule has 3 aromatic rings. The topological polar surface area (TPSA) is 86.9 Å². The number of aromatic nitrogens is 2. The lowest BCUT2D eigenvalue weighted by molar-refractivity contribution is 0.568. The van der Waals surface area contributed by atoms with E-state index in [1.807, 2.05) is 74.6 Å². The first-order valence-electron chi connectivity index (χ1n) is 9.30. The van der Waals surface area contributed by atoms with E-state index in [1.54, 1.807) is 0 Å². The van der Waals surface area contributed by atoms with Crippen LogP contribution in [0.15, 0.2) is 60.8 Å². The van der Waals surface area contributed by atoms with Gasteiger partial charge in [0.15, 0.2) is 0 Å². The minimum Gasteiger partial charge on any atom is -0.308 e. The van der Waals surface area contributed by atoms with E-state index >= 15 is 0 Å². The third-order valence-corrected chi connectivity index (χ3v) is 5.81. The average molecular weight is 399 g/mol. The van der Waals surface area contributed by atoms with Gasteiger partial charge in [0.2, 0.25) is 10.0 Å². The van der Waals surface area contributed by atoms with E-state index in [4.69, 9.17) is 0 Å². The molecule has 0 bridgehead atoms. The van der Waals surface area contributed by atoms with Crippen LogP contribution in [0.3, 0.4) is 0 Å². The van der Waals surface area contributed by atoms with E-state index in [-0.39, 0.29) is 11.8 Å². The molecule has 6 nitrogen and oxygen atoms in total. The second kappa shape index (κ2) is 9.14. The number of nitrogens with zero attached hydrogens (tertiary/aromatic N) is 1. The van der Waals surface area contributed by atoms with Crippen LogP contribution in [0.2, 0.25) is 0 Å². The third-order valence-electron chi connectivity index (χ3n) is 4.29. The monoisotopic (exact) mass is 398 g/mol. The summed E-state index contributed by atoms with van der Waals surface area (Å²) in [6.45, 7) is 4.85. The second-order valence-corrected chi connectivity index (χ2v) is 8.79. The molecule has 7 heteroatoms. The first-order chi connectivity index (χ1) is 13.4. The predicted octanol–water partition coefficient (Wildman–Crippen LogP) is 3.19. The molecule has 0 saturated carbocycles. The highest BCUT2D eigenvalue weighted by Crippen LogP contribution is 2.20. The number of aromatic amines is 1. The first-order valence-corrected chi connectivity index (χ1v) is 10.9. The van der Waals surface area contributed by atoms with Gasteiger partial charge in [-0.2, -0.15) is 5.10 Å². The van der Waals surface area contributed by atoms with Gasteiger partial charge in [-0.05, 0) is 30.5 Å². The molecular weight excluding hydrogens is 372 g/mol. The minimum atomic E-state index is -3.36. The Morgan fingerprint density at radius 1 is 0.929 bits per heavy atom. The maximum absolute atomic E-state index is 12.3. The molecule has 148 valence electrons. The zero-order chi connectivity index (χ0) is 20.0. The minimum absolute atomic E-state index is 0.0238. The number of benzene rings is 2. The van der Waals surface area contributed by atoms with Gasteiger partial charge < -0.3 is 5.32 Å². The summed E-state index contributed by atoms with van der Waals surface area (Å²) in [7, 11) is -3.36. The molecule has 0 aliphatic rings. The molecule has 0 aliphatic carbocycles. The predicted molar refractivity (Wildman–Crippen MR) is 112 cm³/mol. The lowest BCUT2D eigenvalue weighted by atomic mass is 10.1. The Labute approximate surface area is 166 Å². The Kier molecular flexibility index (Phi) is 6.61. The standard InChI is InChI=1S/C21H26N4O2S/c1-16(2)25-28(26,27)15-19-11-7-6-10-18(19)12-22-13-20-14-23-24-21(20)17-8-4-3-5-9-17/h3-11,14,16,22,25H,12-13,15H2,1-2H3,(H,23,24). The van der Waals surface area contributed by atoms with Gasteiger partial charge in [-0.3, -0.25) is 5.10 Å². The molecule has 1 aromatic heterocycles. The van der Waals surface area contributed by atoms with Crippen LogP contribution in [0.4, 0.5) is 0 Å². The highest BCUT2D eigenvalue weighted by atomic mass is 32.2. The van der Waals surface area contributed by atoms with Gasteiger partial charge in [-0.1, -0.05) is 54.6 Å². The van der Waals surface area contributed by atoms with E-state index in [0.717, 1.165) is 27.9 Å². The molecule has 0 fully saturated rings. The van der Waals surface area contributed by atoms with Gasteiger partial charge in [-0.25, -0.2) is 13.1 Å². The van der Waals surface area contributed by atoms with Crippen molar-refractivity contribution in [2.75, 3.05) is 0 Å². The van der Waals surface area contributed by atoms with E-state index in [0.29, 0.717) is 13.1 Å². The molecule has 3 rings (SSSR count). The molecule has 3 N–H and O–H groups in total. The number of rotatable bonds is 9. The molecule has 0 saturated heterocycles. The Bertz CT molecular complexity index is 998. The molecular formula is C21H26N4O2S. The third kappa shape index (κ3) is 5.51. The van der Waals surface area contributed by atoms with Crippen molar-refractivity contribution < 1.29 is 8.42 Å². The summed E-state index contributed by atoms with van der Waals surface area (Å²) in [4.78, 5) is 0. The normalized spacial score (nSPS) is 11.8. The van der Waals surface area contributed by atoms with Gasteiger partial charge in [0.25, 0.3) is 0 Å². The van der Waals surface area contributed by atoms with Crippen LogP contribution in [0.25, 0.3) is 11.3 Å². The van der Waals surface area contributed by atoms with Crippen LogP contribution in [0, 0.1) is 0 Å². The van der Waals surface area contributed by atoms with Crippen LogP contribution >= 0.6 is 0 Å². The van der Waals surface area contributed by atoms with Crippen molar-refractivity contribution in [3.05, 3.63) is 77.5 Å². The fraction of sp³-hybridized carbons (Fsp3) is 0.286. The van der Waals surface area contributed by atoms with Gasteiger partial charge in [0.05, 0.1) is 17.6 Å². The van der Waals surface area contributed by atoms with Crippen LogP contribution in [0.1, 0.15) is 30.5 Å². The number of H-pyrrole nitrogens is 1. The summed E-state index contributed by atoms with van der Waals surface area (Å²) in [6.07, 6.45) is 1.82. The summed E-state index contributed by atoms with van der Waals surface area (Å²) < 4.78 is 27.2. The molecule has 1 heterocycles. The Balaban J connectivity index is 1.66. The van der Waals surface area contributed by atoms with E-state index in [1.165, 1.54) is 0 Å². The summed E-state index contributed by atoms with van der Waals surface area (Å²) >= 11 is 0. The first kappa shape index (κ1) is 20.3.